The number of benzene rings is 2. The van der Waals surface area contributed by atoms with E-state index >= 15 is 0 Å². The fraction of sp³-hybridized carbons (Fsp3) is 0.458. The van der Waals surface area contributed by atoms with Crippen molar-refractivity contribution in [3.05, 3.63) is 71.3 Å². The van der Waals surface area contributed by atoms with E-state index in [0.29, 0.717) is 19.6 Å². The maximum atomic E-state index is 14.7. The molecule has 166 valence electrons. The lowest BCUT2D eigenvalue weighted by Gasteiger charge is -2.49. The van der Waals surface area contributed by atoms with Crippen LogP contribution in [-0.4, -0.2) is 31.1 Å². The van der Waals surface area contributed by atoms with E-state index < -0.39 is 35.5 Å². The monoisotopic (exact) mass is 431 g/mol. The van der Waals surface area contributed by atoms with E-state index in [1.165, 1.54) is 6.07 Å². The molecule has 2 aromatic rings. The molecule has 2 fully saturated rings. The number of alkyl carbamates (subject to hydrolysis) is 1. The Labute approximate surface area is 180 Å². The predicted molar refractivity (Wildman–Crippen MR) is 110 cm³/mol. The minimum absolute atomic E-state index is 0.0824. The van der Waals surface area contributed by atoms with Gasteiger partial charge in [0.25, 0.3) is 0 Å². The van der Waals surface area contributed by atoms with Gasteiger partial charge in [0.2, 0.25) is 0 Å². The smallest absolute Gasteiger partial charge is 0.407 e. The lowest BCUT2D eigenvalue weighted by molar-refractivity contribution is -0.227. The summed E-state index contributed by atoms with van der Waals surface area (Å²) in [4.78, 5) is 12.6. The van der Waals surface area contributed by atoms with Gasteiger partial charge in [-0.3, -0.25) is 0 Å². The summed E-state index contributed by atoms with van der Waals surface area (Å²) in [7, 11) is 0. The van der Waals surface area contributed by atoms with E-state index in [-0.39, 0.29) is 24.0 Å². The first-order chi connectivity index (χ1) is 14.9. The van der Waals surface area contributed by atoms with Crippen molar-refractivity contribution in [2.45, 2.75) is 44.6 Å². The molecule has 1 saturated heterocycles. The van der Waals surface area contributed by atoms with Gasteiger partial charge in [0.1, 0.15) is 18.2 Å². The molecule has 1 saturated carbocycles. The fourth-order valence-corrected chi connectivity index (χ4v) is 4.88. The molecular formula is C24H27F2NO4. The Balaban J connectivity index is 1.58. The van der Waals surface area contributed by atoms with E-state index in [4.69, 9.17) is 14.2 Å². The van der Waals surface area contributed by atoms with Crippen molar-refractivity contribution >= 4 is 6.09 Å². The van der Waals surface area contributed by atoms with Crippen molar-refractivity contribution in [3.63, 3.8) is 0 Å². The Kier molecular flexibility index (Phi) is 6.25. The van der Waals surface area contributed by atoms with Crippen LogP contribution in [0.2, 0.25) is 0 Å². The third-order valence-electron chi connectivity index (χ3n) is 6.60. The maximum absolute atomic E-state index is 14.7. The van der Waals surface area contributed by atoms with Gasteiger partial charge in [0.15, 0.2) is 5.79 Å². The number of carbonyl (C=O) groups is 1. The third kappa shape index (κ3) is 4.43. The lowest BCUT2D eigenvalue weighted by Crippen LogP contribution is -2.57. The average molecular weight is 431 g/mol. The summed E-state index contributed by atoms with van der Waals surface area (Å²) < 4.78 is 46.0. The van der Waals surface area contributed by atoms with E-state index in [1.54, 1.807) is 0 Å². The quantitative estimate of drug-likeness (QED) is 0.758. The van der Waals surface area contributed by atoms with Gasteiger partial charge >= 0.3 is 6.09 Å². The molecule has 1 aliphatic carbocycles. The minimum Gasteiger partial charge on any atom is -0.445 e. The molecule has 1 N–H and O–H groups in total. The Bertz CT molecular complexity index is 917. The molecule has 0 bridgehead atoms. The zero-order chi connectivity index (χ0) is 22.0. The van der Waals surface area contributed by atoms with Crippen LogP contribution in [0.15, 0.2) is 48.5 Å². The van der Waals surface area contributed by atoms with Crippen molar-refractivity contribution in [1.82, 2.24) is 5.32 Å². The maximum Gasteiger partial charge on any atom is 0.407 e. The topological polar surface area (TPSA) is 56.8 Å². The summed E-state index contributed by atoms with van der Waals surface area (Å²) in [5.41, 5.74) is 1.09. The number of carbonyl (C=O) groups excluding carboxylic acids is 1. The van der Waals surface area contributed by atoms with Crippen LogP contribution in [0.25, 0.3) is 0 Å². The number of amides is 1. The van der Waals surface area contributed by atoms with Gasteiger partial charge in [0, 0.05) is 24.3 Å². The fourth-order valence-electron chi connectivity index (χ4n) is 4.88. The lowest BCUT2D eigenvalue weighted by atomic mass is 9.65. The third-order valence-corrected chi connectivity index (χ3v) is 6.60. The second kappa shape index (κ2) is 8.93. The van der Waals surface area contributed by atoms with Crippen molar-refractivity contribution in [2.24, 2.45) is 11.8 Å². The van der Waals surface area contributed by atoms with E-state index in [2.05, 4.69) is 5.32 Å². The number of rotatable bonds is 4. The summed E-state index contributed by atoms with van der Waals surface area (Å²) >= 11 is 0. The molecule has 1 spiro atoms. The highest BCUT2D eigenvalue weighted by Gasteiger charge is 2.54. The van der Waals surface area contributed by atoms with Crippen LogP contribution in [0.4, 0.5) is 13.6 Å². The van der Waals surface area contributed by atoms with Crippen molar-refractivity contribution in [1.29, 1.82) is 0 Å². The van der Waals surface area contributed by atoms with E-state index in [0.717, 1.165) is 17.7 Å². The first-order valence-electron chi connectivity index (χ1n) is 10.6. The van der Waals surface area contributed by atoms with Gasteiger partial charge in [0.05, 0.1) is 13.2 Å². The average Bonchev–Trinajstić information content (AvgIpc) is 3.23. The molecule has 2 aromatic carbocycles. The number of hydrogen-bond acceptors (Lipinski definition) is 4. The standard InChI is InChI=1S/C24H27F2NO4/c1-15-16(2)24(30-10-11-31-24)13-21(22(15)19-12-18(25)8-9-20(19)26)27-23(28)29-14-17-6-4-3-5-7-17/h3-9,12,15-16,21-22H,10-11,13-14H2,1-2H3,(H,27,28)/t15-,16+,21+,22?/m1/s1. The second-order valence-electron chi connectivity index (χ2n) is 8.36. The Hall–Kier alpha value is -2.51. The molecule has 1 amide bonds. The molecule has 2 aliphatic rings. The number of hydrogen-bond donors (Lipinski definition) is 1. The van der Waals surface area contributed by atoms with E-state index in [1.807, 2.05) is 44.2 Å². The second-order valence-corrected chi connectivity index (χ2v) is 8.36. The summed E-state index contributed by atoms with van der Waals surface area (Å²) in [6.07, 6.45) is -0.301. The zero-order valence-corrected chi connectivity index (χ0v) is 17.6. The highest BCUT2D eigenvalue weighted by atomic mass is 19.1. The summed E-state index contributed by atoms with van der Waals surface area (Å²) in [6.45, 7) is 4.98. The molecule has 0 radical (unpaired) electrons. The zero-order valence-electron chi connectivity index (χ0n) is 17.6. The summed E-state index contributed by atoms with van der Waals surface area (Å²) in [5, 5.41) is 2.88. The first-order valence-corrected chi connectivity index (χ1v) is 10.6. The molecule has 1 aliphatic heterocycles. The van der Waals surface area contributed by atoms with Crippen LogP contribution < -0.4 is 5.32 Å². The van der Waals surface area contributed by atoms with E-state index in [9.17, 15) is 13.6 Å². The minimum atomic E-state index is -0.864. The molecule has 4 atom stereocenters. The summed E-state index contributed by atoms with van der Waals surface area (Å²) in [5.74, 6) is -2.58. The van der Waals surface area contributed by atoms with Gasteiger partial charge in [-0.15, -0.1) is 0 Å². The molecule has 7 heteroatoms. The summed E-state index contributed by atoms with van der Waals surface area (Å²) in [6, 6.07) is 12.2. The largest absolute Gasteiger partial charge is 0.445 e. The van der Waals surface area contributed by atoms with Crippen molar-refractivity contribution < 1.29 is 27.8 Å². The van der Waals surface area contributed by atoms with Crippen LogP contribution in [-0.2, 0) is 20.8 Å². The molecular weight excluding hydrogens is 404 g/mol. The molecule has 0 aromatic heterocycles. The molecule has 5 nitrogen and oxygen atoms in total. The van der Waals surface area contributed by atoms with Crippen LogP contribution in [0.5, 0.6) is 0 Å². The normalized spacial score (nSPS) is 27.2. The van der Waals surface area contributed by atoms with Crippen LogP contribution in [0.1, 0.15) is 37.3 Å². The predicted octanol–water partition coefficient (Wildman–Crippen LogP) is 4.76. The van der Waals surface area contributed by atoms with Crippen molar-refractivity contribution in [2.75, 3.05) is 13.2 Å². The van der Waals surface area contributed by atoms with Gasteiger partial charge in [-0.2, -0.15) is 0 Å². The Morgan fingerprint density at radius 3 is 2.55 bits per heavy atom. The van der Waals surface area contributed by atoms with Gasteiger partial charge in [-0.1, -0.05) is 44.2 Å². The molecule has 4 rings (SSSR count). The Morgan fingerprint density at radius 2 is 1.84 bits per heavy atom. The van der Waals surface area contributed by atoms with Crippen LogP contribution >= 0.6 is 0 Å². The number of nitrogens with one attached hydrogen (secondary N) is 1. The van der Waals surface area contributed by atoms with Gasteiger partial charge in [-0.05, 0) is 35.2 Å². The van der Waals surface area contributed by atoms with Crippen LogP contribution in [0, 0.1) is 23.5 Å². The van der Waals surface area contributed by atoms with Gasteiger partial charge in [-0.25, -0.2) is 13.6 Å². The number of halogens is 2. The molecule has 1 unspecified atom stereocenters. The van der Waals surface area contributed by atoms with Crippen LogP contribution in [0.3, 0.4) is 0 Å². The molecule has 31 heavy (non-hydrogen) atoms. The first kappa shape index (κ1) is 21.7. The number of ether oxygens (including phenoxy) is 3. The Morgan fingerprint density at radius 1 is 1.13 bits per heavy atom. The highest BCUT2D eigenvalue weighted by Crippen LogP contribution is 2.50. The SMILES string of the molecule is C[C@H]1C(c2cc(F)ccc2F)[C@@H](NC(=O)OCc2ccccc2)CC2(OCCO2)[C@H]1C. The van der Waals surface area contributed by atoms with Crippen molar-refractivity contribution in [3.8, 4) is 0 Å². The molecule has 1 heterocycles. The van der Waals surface area contributed by atoms with Gasteiger partial charge < -0.3 is 19.5 Å². The highest BCUT2D eigenvalue weighted by molar-refractivity contribution is 5.68.